The fourth-order valence-corrected chi connectivity index (χ4v) is 11.4. The lowest BCUT2D eigenvalue weighted by Crippen LogP contribution is -2.63. The van der Waals surface area contributed by atoms with Crippen LogP contribution in [-0.4, -0.2) is 98.5 Å². The molecule has 0 amide bonds. The molecule has 18 atom stereocenters. The Morgan fingerprint density at radius 2 is 1.56 bits per heavy atom. The van der Waals surface area contributed by atoms with Crippen molar-refractivity contribution in [1.82, 2.24) is 0 Å². The van der Waals surface area contributed by atoms with Gasteiger partial charge in [0.1, 0.15) is 5.78 Å². The number of carbonyl (C=O) groups excluding carboxylic acids is 2. The van der Waals surface area contributed by atoms with Crippen molar-refractivity contribution in [2.45, 2.75) is 199 Å². The topological polar surface area (TPSA) is 167 Å². The normalized spacial score (nSPS) is 41.5. The first-order chi connectivity index (χ1) is 28.8. The van der Waals surface area contributed by atoms with Crippen molar-refractivity contribution in [2.75, 3.05) is 0 Å². The Balaban J connectivity index is 1.25. The Labute approximate surface area is 363 Å². The van der Waals surface area contributed by atoms with E-state index in [1.54, 1.807) is 31.2 Å². The number of hydrogen-bond acceptors (Lipinski definition) is 11. The molecule has 0 aliphatic carbocycles. The number of hydrogen-bond donors (Lipinski definition) is 3. The average Bonchev–Trinajstić information content (AvgIpc) is 3.58. The third-order valence-corrected chi connectivity index (χ3v) is 15.7. The van der Waals surface area contributed by atoms with Gasteiger partial charge >= 0.3 is 11.9 Å². The molecule has 1 aromatic carbocycles. The number of Topliss-reactive ketones (excluding diaryl/α,β-unsaturated/α-hetero) is 1. The Morgan fingerprint density at radius 1 is 0.869 bits per heavy atom. The van der Waals surface area contributed by atoms with Crippen molar-refractivity contribution in [2.24, 2.45) is 41.4 Å². The molecule has 4 fully saturated rings. The van der Waals surface area contributed by atoms with E-state index in [2.05, 4.69) is 20.8 Å². The van der Waals surface area contributed by atoms with Gasteiger partial charge in [-0.25, -0.2) is 4.79 Å². The highest BCUT2D eigenvalue weighted by Crippen LogP contribution is 2.55. The predicted molar refractivity (Wildman–Crippen MR) is 228 cm³/mol. The third-order valence-electron chi connectivity index (χ3n) is 15.7. The van der Waals surface area contributed by atoms with Gasteiger partial charge in [0.15, 0.2) is 11.9 Å². The minimum Gasteiger partial charge on any atom is -0.481 e. The van der Waals surface area contributed by atoms with Gasteiger partial charge in [0.05, 0.1) is 59.3 Å². The maximum Gasteiger partial charge on any atom is 0.338 e. The van der Waals surface area contributed by atoms with Crippen LogP contribution in [0.4, 0.5) is 0 Å². The molecular weight excluding hydrogens is 781 g/mol. The van der Waals surface area contributed by atoms with Crippen LogP contribution in [0.2, 0.25) is 0 Å². The lowest BCUT2D eigenvalue weighted by Gasteiger charge is -2.54. The van der Waals surface area contributed by atoms with Crippen LogP contribution < -0.4 is 0 Å². The second-order valence-corrected chi connectivity index (χ2v) is 19.7. The summed E-state index contributed by atoms with van der Waals surface area (Å²) in [6.45, 7) is 19.6. The summed E-state index contributed by atoms with van der Waals surface area (Å²) >= 11 is 0. The van der Waals surface area contributed by atoms with E-state index in [9.17, 15) is 29.7 Å². The molecule has 0 saturated carbocycles. The van der Waals surface area contributed by atoms with E-state index in [0.29, 0.717) is 63.4 Å². The van der Waals surface area contributed by atoms with E-state index in [-0.39, 0.29) is 29.6 Å². The van der Waals surface area contributed by atoms with E-state index >= 15 is 0 Å². The van der Waals surface area contributed by atoms with Crippen LogP contribution in [0.1, 0.15) is 144 Å². The van der Waals surface area contributed by atoms with E-state index < -0.39 is 95.0 Å². The predicted octanol–water partition coefficient (Wildman–Crippen LogP) is 8.05. The van der Waals surface area contributed by atoms with E-state index in [0.717, 1.165) is 6.42 Å². The SMILES string of the molecule is CC[C@@H](C(=O)O)C1CC[C@H](C)[C@H]([C@@H](C)[C@H](O)[C@H](C)C(=O)[C@H](CC)C2O[C@]3(C=C[C@H](OC(=O)c4ccccc4)[C@]4(CC[C@@](C)([C@H]5CC[C@](O)(CC)[C@H](C)O5)O4)O3)[C@H](C)C[C@@H]2C)O1. The van der Waals surface area contributed by atoms with Crippen molar-refractivity contribution in [3.05, 3.63) is 48.0 Å². The average molecular weight is 855 g/mol. The largest absolute Gasteiger partial charge is 0.481 e. The lowest BCUT2D eigenvalue weighted by atomic mass is 9.72. The third kappa shape index (κ3) is 9.29. The Bertz CT molecular complexity index is 1720. The first-order valence-electron chi connectivity index (χ1n) is 23.3. The smallest absolute Gasteiger partial charge is 0.338 e. The summed E-state index contributed by atoms with van der Waals surface area (Å²) in [4.78, 5) is 40.3. The molecule has 6 rings (SSSR count). The van der Waals surface area contributed by atoms with Crippen molar-refractivity contribution in [3.63, 3.8) is 0 Å². The Morgan fingerprint density at radius 3 is 2.18 bits per heavy atom. The molecule has 342 valence electrons. The maximum atomic E-state index is 14.7. The molecule has 1 aromatic rings. The summed E-state index contributed by atoms with van der Waals surface area (Å²) in [5.74, 6) is -6.77. The quantitative estimate of drug-likeness (QED) is 0.122. The van der Waals surface area contributed by atoms with Gasteiger partial charge < -0.3 is 43.7 Å². The monoisotopic (exact) mass is 855 g/mol. The zero-order chi connectivity index (χ0) is 44.7. The zero-order valence-corrected chi connectivity index (χ0v) is 38.2. The fraction of sp³-hybridized carbons (Fsp3) is 0.776. The van der Waals surface area contributed by atoms with Crippen LogP contribution in [0.3, 0.4) is 0 Å². The van der Waals surface area contributed by atoms with E-state index in [4.69, 9.17) is 28.4 Å². The molecule has 5 heterocycles. The zero-order valence-electron chi connectivity index (χ0n) is 38.2. The van der Waals surface area contributed by atoms with Crippen LogP contribution >= 0.6 is 0 Å². The summed E-state index contributed by atoms with van der Waals surface area (Å²) in [6, 6.07) is 8.81. The van der Waals surface area contributed by atoms with Crippen LogP contribution in [-0.2, 0) is 38.0 Å². The number of esters is 1. The minimum absolute atomic E-state index is 0.0356. The van der Waals surface area contributed by atoms with Crippen molar-refractivity contribution >= 4 is 17.7 Å². The molecule has 12 nitrogen and oxygen atoms in total. The summed E-state index contributed by atoms with van der Waals surface area (Å²) < 4.78 is 40.7. The van der Waals surface area contributed by atoms with Gasteiger partial charge in [0.25, 0.3) is 0 Å². The summed E-state index contributed by atoms with van der Waals surface area (Å²) in [5.41, 5.74) is -1.37. The number of rotatable bonds is 14. The van der Waals surface area contributed by atoms with Crippen LogP contribution in [0.15, 0.2) is 42.5 Å². The van der Waals surface area contributed by atoms with Crippen LogP contribution in [0.25, 0.3) is 0 Å². The molecule has 0 bridgehead atoms. The summed E-state index contributed by atoms with van der Waals surface area (Å²) in [5, 5.41) is 32.9. The molecule has 0 aromatic heterocycles. The standard InChI is InChI=1S/C49H74O12/c1-11-35(44(52)53)37-20-19-28(4)42(57-37)32(8)40(50)31(7)41(51)36(12-2)43-29(5)27-30(6)48(59-43)24-22-39(58-45(54)34-17-15-14-16-18-34)49(61-48)26-25-46(10,60-49)38-21-23-47(55,13-3)33(9)56-38/h14-18,22,24,28-33,35-40,42-43,50,55H,11-13,19-21,23,25-27H2,1-10H3,(H,52,53)/t28-,29-,30+,31-,32-,33-,35+,36-,37?,38+,39-,40+,42+,43?,46-,47+,48-,49-/m0/s1. The summed E-state index contributed by atoms with van der Waals surface area (Å²) in [6.07, 6.45) is 5.18. The first-order valence-corrected chi connectivity index (χ1v) is 23.3. The lowest BCUT2D eigenvalue weighted by molar-refractivity contribution is -0.408. The molecule has 4 saturated heterocycles. The second kappa shape index (κ2) is 18.8. The number of aliphatic carboxylic acids is 1. The van der Waals surface area contributed by atoms with Gasteiger partial charge in [-0.1, -0.05) is 73.6 Å². The number of ether oxygens (including phenoxy) is 6. The molecule has 2 unspecified atom stereocenters. The molecule has 2 spiro atoms. The molecule has 0 radical (unpaired) electrons. The molecular formula is C49H74O12. The van der Waals surface area contributed by atoms with Gasteiger partial charge in [-0.3, -0.25) is 9.59 Å². The molecule has 3 N–H and O–H groups in total. The highest BCUT2D eigenvalue weighted by atomic mass is 16.8. The number of carboxylic acids is 1. The number of benzene rings is 1. The van der Waals surface area contributed by atoms with Gasteiger partial charge in [0.2, 0.25) is 5.79 Å². The Kier molecular flexibility index (Phi) is 14.7. The van der Waals surface area contributed by atoms with Crippen molar-refractivity contribution in [3.8, 4) is 0 Å². The van der Waals surface area contributed by atoms with Crippen LogP contribution in [0.5, 0.6) is 0 Å². The number of aliphatic hydroxyl groups is 2. The highest BCUT2D eigenvalue weighted by molar-refractivity contribution is 5.89. The Hall–Kier alpha value is -2.71. The number of carbonyl (C=O) groups is 3. The molecule has 5 aliphatic heterocycles. The number of carboxylic acid groups (broad SMARTS) is 1. The maximum absolute atomic E-state index is 14.7. The minimum atomic E-state index is -1.45. The van der Waals surface area contributed by atoms with Gasteiger partial charge in [0, 0.05) is 30.1 Å². The molecule has 61 heavy (non-hydrogen) atoms. The summed E-state index contributed by atoms with van der Waals surface area (Å²) in [7, 11) is 0. The number of ketones is 1. The van der Waals surface area contributed by atoms with Gasteiger partial charge in [-0.15, -0.1) is 0 Å². The van der Waals surface area contributed by atoms with Gasteiger partial charge in [-0.2, -0.15) is 0 Å². The molecule has 5 aliphatic rings. The van der Waals surface area contributed by atoms with E-state index in [1.165, 1.54) is 0 Å². The van der Waals surface area contributed by atoms with Crippen LogP contribution in [0, 0.1) is 41.4 Å². The second-order valence-electron chi connectivity index (χ2n) is 19.7. The first kappa shape index (κ1) is 47.8. The van der Waals surface area contributed by atoms with Crippen molar-refractivity contribution < 1.29 is 58.1 Å². The highest BCUT2D eigenvalue weighted by Gasteiger charge is 2.64. The fourth-order valence-electron chi connectivity index (χ4n) is 11.4. The van der Waals surface area contributed by atoms with Gasteiger partial charge in [-0.05, 0) is 108 Å². The van der Waals surface area contributed by atoms with E-state index in [1.807, 2.05) is 59.8 Å². The van der Waals surface area contributed by atoms with Crippen molar-refractivity contribution in [1.29, 1.82) is 0 Å². The molecule has 12 heteroatoms. The number of aliphatic hydroxyl groups excluding tert-OH is 1.